The molecule has 1 rings (SSSR count). The summed E-state index contributed by atoms with van der Waals surface area (Å²) in [7, 11) is 2.17. The molecule has 0 aliphatic carbocycles. The lowest BCUT2D eigenvalue weighted by molar-refractivity contribution is -0.153. The number of alkyl carbamates (subject to hydrolysis) is 2. The highest BCUT2D eigenvalue weighted by Gasteiger charge is 2.46. The number of hydrogen-bond acceptors (Lipinski definition) is 7. The van der Waals surface area contributed by atoms with Crippen molar-refractivity contribution in [1.82, 2.24) is 10.6 Å². The van der Waals surface area contributed by atoms with Crippen molar-refractivity contribution >= 4 is 24.1 Å². The molecule has 0 spiro atoms. The third kappa shape index (κ3) is 2.83. The Bertz CT molecular complexity index is 333. The monoisotopic (exact) mass is 246 g/mol. The molecule has 2 unspecified atom stereocenters. The van der Waals surface area contributed by atoms with E-state index < -0.39 is 36.2 Å². The molecule has 94 valence electrons. The van der Waals surface area contributed by atoms with Crippen LogP contribution in [0.5, 0.6) is 0 Å². The molecule has 0 saturated carbocycles. The Hall–Kier alpha value is -2.32. The number of ether oxygens (including phenoxy) is 3. The maximum atomic E-state index is 11.2. The van der Waals surface area contributed by atoms with Gasteiger partial charge in [-0.15, -0.1) is 0 Å². The van der Waals surface area contributed by atoms with E-state index in [9.17, 15) is 19.2 Å². The van der Waals surface area contributed by atoms with Gasteiger partial charge in [0.2, 0.25) is 0 Å². The number of methoxy groups -OCH3 is 2. The van der Waals surface area contributed by atoms with E-state index in [1.165, 1.54) is 0 Å². The van der Waals surface area contributed by atoms with Crippen molar-refractivity contribution < 1.29 is 33.4 Å². The summed E-state index contributed by atoms with van der Waals surface area (Å²) in [5.41, 5.74) is 0. The van der Waals surface area contributed by atoms with Gasteiger partial charge in [-0.3, -0.25) is 0 Å². The van der Waals surface area contributed by atoms with E-state index in [2.05, 4.69) is 24.8 Å². The van der Waals surface area contributed by atoms with Gasteiger partial charge in [0.05, 0.1) is 14.2 Å². The van der Waals surface area contributed by atoms with Gasteiger partial charge >= 0.3 is 24.1 Å². The Labute approximate surface area is 95.4 Å². The van der Waals surface area contributed by atoms with Crippen LogP contribution in [0.3, 0.4) is 0 Å². The van der Waals surface area contributed by atoms with E-state index in [1.807, 2.05) is 0 Å². The lowest BCUT2D eigenvalue weighted by Crippen LogP contribution is -2.53. The van der Waals surface area contributed by atoms with Gasteiger partial charge in [-0.1, -0.05) is 0 Å². The molecule has 1 heterocycles. The molecular weight excluding hydrogens is 236 g/mol. The summed E-state index contributed by atoms with van der Waals surface area (Å²) in [6.45, 7) is 0. The largest absolute Gasteiger partial charge is 0.453 e. The van der Waals surface area contributed by atoms with Crippen LogP contribution in [-0.4, -0.2) is 50.4 Å². The maximum absolute atomic E-state index is 11.2. The van der Waals surface area contributed by atoms with Crippen LogP contribution in [0.15, 0.2) is 0 Å². The third-order valence-corrected chi connectivity index (χ3v) is 1.96. The summed E-state index contributed by atoms with van der Waals surface area (Å²) in [6.07, 6.45) is -1.86. The molecule has 0 aromatic heterocycles. The van der Waals surface area contributed by atoms with Crippen LogP contribution < -0.4 is 10.6 Å². The summed E-state index contributed by atoms with van der Waals surface area (Å²) in [5.74, 6) is -1.97. The average Bonchev–Trinajstić information content (AvgIpc) is 2.55. The number of hydrogen-bond donors (Lipinski definition) is 2. The molecule has 0 aromatic carbocycles. The summed E-state index contributed by atoms with van der Waals surface area (Å²) >= 11 is 0. The van der Waals surface area contributed by atoms with Gasteiger partial charge in [-0.05, 0) is 0 Å². The van der Waals surface area contributed by atoms with E-state index in [0.29, 0.717) is 0 Å². The van der Waals surface area contributed by atoms with E-state index in [1.54, 1.807) is 0 Å². The SMILES string of the molecule is COC(=O)NC1C(=O)OC(=O)C1NC(=O)OC. The van der Waals surface area contributed by atoms with Crippen molar-refractivity contribution in [2.45, 2.75) is 12.1 Å². The lowest BCUT2D eigenvalue weighted by atomic mass is 10.1. The van der Waals surface area contributed by atoms with E-state index in [4.69, 9.17) is 0 Å². The van der Waals surface area contributed by atoms with Crippen molar-refractivity contribution in [1.29, 1.82) is 0 Å². The van der Waals surface area contributed by atoms with E-state index in [0.717, 1.165) is 14.2 Å². The number of carbonyl (C=O) groups is 4. The Balaban J connectivity index is 2.76. The zero-order valence-electron chi connectivity index (χ0n) is 9.01. The van der Waals surface area contributed by atoms with Gasteiger partial charge < -0.3 is 24.8 Å². The Morgan fingerprint density at radius 1 is 1.00 bits per heavy atom. The molecule has 17 heavy (non-hydrogen) atoms. The van der Waals surface area contributed by atoms with Crippen LogP contribution >= 0.6 is 0 Å². The number of carbonyl (C=O) groups excluding carboxylic acids is 4. The van der Waals surface area contributed by atoms with Crippen molar-refractivity contribution in [3.05, 3.63) is 0 Å². The summed E-state index contributed by atoms with van der Waals surface area (Å²) < 4.78 is 12.8. The van der Waals surface area contributed by atoms with E-state index in [-0.39, 0.29) is 0 Å². The topological polar surface area (TPSA) is 120 Å². The van der Waals surface area contributed by atoms with Crippen LogP contribution in [0.4, 0.5) is 9.59 Å². The van der Waals surface area contributed by atoms with Gasteiger partial charge in [0.15, 0.2) is 12.1 Å². The van der Waals surface area contributed by atoms with Crippen LogP contribution in [0, 0.1) is 0 Å². The second-order valence-electron chi connectivity index (χ2n) is 2.97. The predicted octanol–water partition coefficient (Wildman–Crippen LogP) is -1.48. The summed E-state index contributed by atoms with van der Waals surface area (Å²) in [5, 5.41) is 4.12. The first-order valence-electron chi connectivity index (χ1n) is 4.44. The number of cyclic esters (lactones) is 2. The highest BCUT2D eigenvalue weighted by molar-refractivity contribution is 6.03. The van der Waals surface area contributed by atoms with Gasteiger partial charge in [0, 0.05) is 0 Å². The standard InChI is InChI=1S/C8H10N2O7/c1-15-7(13)9-3-4(10-8(14)16-2)6(12)17-5(3)11/h3-4H,1-2H3,(H,9,13)(H,10,14). The molecule has 0 bridgehead atoms. The van der Waals surface area contributed by atoms with E-state index >= 15 is 0 Å². The van der Waals surface area contributed by atoms with Gasteiger partial charge in [0.25, 0.3) is 0 Å². The maximum Gasteiger partial charge on any atom is 0.407 e. The van der Waals surface area contributed by atoms with Crippen LogP contribution in [-0.2, 0) is 23.8 Å². The molecule has 2 amide bonds. The molecule has 9 heteroatoms. The predicted molar refractivity (Wildman–Crippen MR) is 49.8 cm³/mol. The minimum absolute atomic E-state index is 0.932. The zero-order valence-corrected chi connectivity index (χ0v) is 9.01. The first-order chi connectivity index (χ1) is 7.99. The molecule has 1 saturated heterocycles. The van der Waals surface area contributed by atoms with Crippen LogP contribution in [0.25, 0.3) is 0 Å². The third-order valence-electron chi connectivity index (χ3n) is 1.96. The fraction of sp³-hybridized carbons (Fsp3) is 0.500. The Morgan fingerprint density at radius 2 is 1.35 bits per heavy atom. The second kappa shape index (κ2) is 5.14. The molecule has 2 N–H and O–H groups in total. The average molecular weight is 246 g/mol. The number of esters is 2. The smallest absolute Gasteiger partial charge is 0.407 e. The van der Waals surface area contributed by atoms with Gasteiger partial charge in [-0.25, -0.2) is 19.2 Å². The van der Waals surface area contributed by atoms with Crippen molar-refractivity contribution in [2.75, 3.05) is 14.2 Å². The molecular formula is C8H10N2O7. The normalized spacial score (nSPS) is 22.7. The molecule has 9 nitrogen and oxygen atoms in total. The second-order valence-corrected chi connectivity index (χ2v) is 2.97. The van der Waals surface area contributed by atoms with Crippen molar-refractivity contribution in [2.24, 2.45) is 0 Å². The first-order valence-corrected chi connectivity index (χ1v) is 4.44. The number of nitrogens with one attached hydrogen (secondary N) is 2. The van der Waals surface area contributed by atoms with Gasteiger partial charge in [0.1, 0.15) is 0 Å². The quantitative estimate of drug-likeness (QED) is 0.346. The molecule has 0 radical (unpaired) electrons. The Kier molecular flexibility index (Phi) is 3.86. The fourth-order valence-electron chi connectivity index (χ4n) is 1.15. The van der Waals surface area contributed by atoms with Crippen LogP contribution in [0.1, 0.15) is 0 Å². The molecule has 0 aromatic rings. The summed E-state index contributed by atoms with van der Waals surface area (Å²) in [4.78, 5) is 44.3. The number of amides is 2. The lowest BCUT2D eigenvalue weighted by Gasteiger charge is -2.14. The molecule has 1 aliphatic heterocycles. The van der Waals surface area contributed by atoms with Crippen molar-refractivity contribution in [3.63, 3.8) is 0 Å². The highest BCUT2D eigenvalue weighted by atomic mass is 16.6. The molecule has 1 fully saturated rings. The molecule has 2 atom stereocenters. The zero-order chi connectivity index (χ0) is 13.0. The fourth-order valence-corrected chi connectivity index (χ4v) is 1.15. The van der Waals surface area contributed by atoms with Crippen molar-refractivity contribution in [3.8, 4) is 0 Å². The minimum atomic E-state index is -1.34. The number of rotatable bonds is 2. The highest BCUT2D eigenvalue weighted by Crippen LogP contribution is 2.10. The first kappa shape index (κ1) is 12.7. The van der Waals surface area contributed by atoms with Gasteiger partial charge in [-0.2, -0.15) is 0 Å². The minimum Gasteiger partial charge on any atom is -0.453 e. The summed E-state index contributed by atoms with van der Waals surface area (Å²) in [6, 6.07) is -2.68. The van der Waals surface area contributed by atoms with Crippen LogP contribution in [0.2, 0.25) is 0 Å². The molecule has 1 aliphatic rings. The Morgan fingerprint density at radius 3 is 1.65 bits per heavy atom.